The fourth-order valence-corrected chi connectivity index (χ4v) is 4.15. The molecule has 0 bridgehead atoms. The van der Waals surface area contributed by atoms with E-state index in [4.69, 9.17) is 4.74 Å². The Labute approximate surface area is 213 Å². The molecule has 1 aromatic heterocycles. The maximum Gasteiger partial charge on any atom is 0.416 e. The van der Waals surface area contributed by atoms with Crippen LogP contribution >= 0.6 is 11.8 Å². The van der Waals surface area contributed by atoms with Gasteiger partial charge < -0.3 is 15.0 Å². The van der Waals surface area contributed by atoms with Crippen molar-refractivity contribution in [1.29, 1.82) is 0 Å². The van der Waals surface area contributed by atoms with Gasteiger partial charge >= 0.3 is 18.3 Å². The molecular weight excluding hydrogens is 522 g/mol. The molecule has 37 heavy (non-hydrogen) atoms. The fourth-order valence-electron chi connectivity index (χ4n) is 3.18. The summed E-state index contributed by atoms with van der Waals surface area (Å²) in [5, 5.41) is 2.94. The second-order valence-corrected chi connectivity index (χ2v) is 8.94. The average Bonchev–Trinajstić information content (AvgIpc) is 2.84. The molecule has 0 unspecified atom stereocenters. The number of carbonyl (C=O) groups excluding carboxylic acids is 1. The number of hydrogen-bond donors (Lipinski definition) is 1. The second kappa shape index (κ2) is 11.3. The summed E-state index contributed by atoms with van der Waals surface area (Å²) in [7, 11) is 4.43. The first-order valence-electron chi connectivity index (χ1n) is 10.7. The third-order valence-corrected chi connectivity index (χ3v) is 6.03. The van der Waals surface area contributed by atoms with Gasteiger partial charge in [-0.05, 0) is 29.3 Å². The first-order valence-corrected chi connectivity index (χ1v) is 11.6. The number of esters is 1. The number of hydrogen-bond acceptors (Lipinski definition) is 7. The molecule has 0 saturated heterocycles. The smallest absolute Gasteiger partial charge is 0.416 e. The molecule has 0 spiro atoms. The molecule has 0 atom stereocenters. The van der Waals surface area contributed by atoms with Gasteiger partial charge in [0.1, 0.15) is 16.4 Å². The number of rotatable bonds is 8. The Kier molecular flexibility index (Phi) is 8.57. The van der Waals surface area contributed by atoms with Crippen LogP contribution in [0.25, 0.3) is 0 Å². The van der Waals surface area contributed by atoms with E-state index in [1.165, 1.54) is 11.8 Å². The minimum atomic E-state index is -4.98. The van der Waals surface area contributed by atoms with Crippen LogP contribution in [0.4, 0.5) is 38.1 Å². The molecule has 1 heterocycles. The molecule has 0 saturated carbocycles. The minimum Gasteiger partial charge on any atom is -0.465 e. The van der Waals surface area contributed by atoms with Crippen LogP contribution in [0.5, 0.6) is 0 Å². The summed E-state index contributed by atoms with van der Waals surface area (Å²) < 4.78 is 84.4. The Bertz CT molecular complexity index is 1220. The van der Waals surface area contributed by atoms with Crippen molar-refractivity contribution < 1.29 is 35.9 Å². The summed E-state index contributed by atoms with van der Waals surface area (Å²) in [6.45, 7) is -0.482. The van der Waals surface area contributed by atoms with Crippen molar-refractivity contribution >= 4 is 29.5 Å². The molecule has 0 fully saturated rings. The van der Waals surface area contributed by atoms with Gasteiger partial charge in [-0.3, -0.25) is 0 Å². The largest absolute Gasteiger partial charge is 0.465 e. The number of nitrogens with zero attached hydrogens (tertiary/aromatic N) is 3. The highest BCUT2D eigenvalue weighted by molar-refractivity contribution is 7.98. The highest BCUT2D eigenvalue weighted by Gasteiger charge is 2.37. The Hall–Kier alpha value is -3.48. The summed E-state index contributed by atoms with van der Waals surface area (Å²) in [6, 6.07) is 10.6. The number of anilines is 2. The van der Waals surface area contributed by atoms with E-state index in [1.54, 1.807) is 19.0 Å². The van der Waals surface area contributed by atoms with E-state index < -0.39 is 36.0 Å². The Balaban J connectivity index is 2.02. The third kappa shape index (κ3) is 7.28. The van der Waals surface area contributed by atoms with Crippen molar-refractivity contribution in [3.8, 4) is 0 Å². The number of carbonyl (C=O) groups is 1. The monoisotopic (exact) mass is 544 g/mol. The lowest BCUT2D eigenvalue weighted by Gasteiger charge is -2.19. The zero-order chi connectivity index (χ0) is 27.4. The van der Waals surface area contributed by atoms with E-state index >= 15 is 0 Å². The van der Waals surface area contributed by atoms with Gasteiger partial charge in [0.25, 0.3) is 0 Å². The zero-order valence-electron chi connectivity index (χ0n) is 19.9. The van der Waals surface area contributed by atoms with E-state index in [0.29, 0.717) is 17.9 Å². The normalized spacial score (nSPS) is 11.8. The highest BCUT2D eigenvalue weighted by atomic mass is 32.2. The number of aromatic nitrogens is 2. The molecule has 0 amide bonds. The van der Waals surface area contributed by atoms with Crippen molar-refractivity contribution in [3.05, 3.63) is 76.3 Å². The predicted octanol–water partition coefficient (Wildman–Crippen LogP) is 6.27. The Morgan fingerprint density at radius 2 is 1.54 bits per heavy atom. The average molecular weight is 545 g/mol. The van der Waals surface area contributed by atoms with E-state index in [-0.39, 0.29) is 34.0 Å². The molecule has 198 valence electrons. The van der Waals surface area contributed by atoms with Gasteiger partial charge in [-0.1, -0.05) is 30.3 Å². The van der Waals surface area contributed by atoms with Crippen LogP contribution in [-0.2, 0) is 29.4 Å². The van der Waals surface area contributed by atoms with Gasteiger partial charge in [0.15, 0.2) is 0 Å². The van der Waals surface area contributed by atoms with E-state index in [2.05, 4.69) is 15.3 Å². The van der Waals surface area contributed by atoms with E-state index in [1.807, 2.05) is 30.3 Å². The molecule has 3 rings (SSSR count). The lowest BCUT2D eigenvalue weighted by molar-refractivity contribution is -0.143. The van der Waals surface area contributed by atoms with Gasteiger partial charge in [0, 0.05) is 26.4 Å². The molecule has 13 heteroatoms. The zero-order valence-corrected chi connectivity index (χ0v) is 20.7. The molecule has 0 aliphatic rings. The van der Waals surface area contributed by atoms with Gasteiger partial charge in [-0.15, -0.1) is 11.8 Å². The molecule has 0 aliphatic carbocycles. The van der Waals surface area contributed by atoms with Crippen molar-refractivity contribution in [2.45, 2.75) is 29.7 Å². The third-order valence-electron chi connectivity index (χ3n) is 4.98. The van der Waals surface area contributed by atoms with Crippen LogP contribution in [0.1, 0.15) is 32.6 Å². The maximum atomic E-state index is 13.3. The molecule has 2 aromatic carbocycles. The Morgan fingerprint density at radius 1 is 0.946 bits per heavy atom. The van der Waals surface area contributed by atoms with Crippen LogP contribution in [-0.4, -0.2) is 37.1 Å². The number of benzene rings is 2. The van der Waals surface area contributed by atoms with Gasteiger partial charge in [0.2, 0.25) is 5.95 Å². The fraction of sp³-hybridized carbons (Fsp3) is 0.292. The molecular formula is C24H22F6N4O2S. The summed E-state index contributed by atoms with van der Waals surface area (Å²) >= 11 is 1.21. The van der Waals surface area contributed by atoms with Gasteiger partial charge in [0.05, 0.1) is 18.2 Å². The quantitative estimate of drug-likeness (QED) is 0.155. The van der Waals surface area contributed by atoms with Gasteiger partial charge in [-0.2, -0.15) is 31.3 Å². The second-order valence-electron chi connectivity index (χ2n) is 7.98. The van der Waals surface area contributed by atoms with Crippen molar-refractivity contribution in [1.82, 2.24) is 9.97 Å². The topological polar surface area (TPSA) is 67.3 Å². The molecule has 1 N–H and O–H groups in total. The lowest BCUT2D eigenvalue weighted by Crippen LogP contribution is -2.19. The minimum absolute atomic E-state index is 0.0521. The number of thioether (sulfide) groups is 1. The molecule has 6 nitrogen and oxygen atoms in total. The van der Waals surface area contributed by atoms with E-state index in [0.717, 1.165) is 12.7 Å². The summed E-state index contributed by atoms with van der Waals surface area (Å²) in [5.74, 6) is -0.308. The predicted molar refractivity (Wildman–Crippen MR) is 127 cm³/mol. The van der Waals surface area contributed by atoms with Crippen LogP contribution in [0.15, 0.2) is 53.6 Å². The van der Waals surface area contributed by atoms with Crippen molar-refractivity contribution in [2.24, 2.45) is 0 Å². The first kappa shape index (κ1) is 28.1. The highest BCUT2D eigenvalue weighted by Crippen LogP contribution is 2.37. The standard InChI is InChI=1S/C24H22F6N4O2S/c1-34(2)22-32-19(18(21(35)36-3)20(33-22)37-13-14-7-5-4-6-8-14)31-12-15-9-16(23(25,26)27)11-17(10-15)24(28,29)30/h4-11H,12-13H2,1-3H3,(H,31,32,33). The maximum absolute atomic E-state index is 13.3. The van der Waals surface area contributed by atoms with Gasteiger partial charge in [-0.25, -0.2) is 9.78 Å². The number of ether oxygens (including phenoxy) is 1. The van der Waals surface area contributed by atoms with Crippen LogP contribution < -0.4 is 10.2 Å². The molecule has 0 aliphatic heterocycles. The van der Waals surface area contributed by atoms with Crippen LogP contribution in [0, 0.1) is 0 Å². The van der Waals surface area contributed by atoms with Crippen LogP contribution in [0.3, 0.4) is 0 Å². The Morgan fingerprint density at radius 3 is 2.05 bits per heavy atom. The SMILES string of the molecule is COC(=O)c1c(NCc2cc(C(F)(F)F)cc(C(F)(F)F)c2)nc(N(C)C)nc1SCc1ccccc1. The van der Waals surface area contributed by atoms with Crippen LogP contribution in [0.2, 0.25) is 0 Å². The van der Waals surface area contributed by atoms with E-state index in [9.17, 15) is 31.1 Å². The molecule has 0 radical (unpaired) electrons. The number of methoxy groups -OCH3 is 1. The molecule has 3 aromatic rings. The number of nitrogens with one attached hydrogen (secondary N) is 1. The first-order chi connectivity index (χ1) is 17.3. The summed E-state index contributed by atoms with van der Waals surface area (Å²) in [5.41, 5.74) is -2.34. The lowest BCUT2D eigenvalue weighted by atomic mass is 10.0. The summed E-state index contributed by atoms with van der Waals surface area (Å²) in [4.78, 5) is 22.9. The number of alkyl halides is 6. The van der Waals surface area contributed by atoms with Crippen molar-refractivity contribution in [2.75, 3.05) is 31.4 Å². The van der Waals surface area contributed by atoms with Crippen molar-refractivity contribution in [3.63, 3.8) is 0 Å². The number of halogens is 6. The summed E-state index contributed by atoms with van der Waals surface area (Å²) in [6.07, 6.45) is -9.97.